The van der Waals surface area contributed by atoms with Gasteiger partial charge in [0.25, 0.3) is 0 Å². The molecule has 0 heterocycles. The van der Waals surface area contributed by atoms with Crippen LogP contribution in [0.5, 0.6) is 0 Å². The molecule has 0 amide bonds. The molecule has 0 aliphatic carbocycles. The van der Waals surface area contributed by atoms with Gasteiger partial charge in [0.05, 0.1) is 0 Å². The molecule has 2 atom stereocenters. The van der Waals surface area contributed by atoms with Crippen molar-refractivity contribution >= 4 is 40.8 Å². The molecule has 0 spiro atoms. The van der Waals surface area contributed by atoms with Crippen LogP contribution in [0.1, 0.15) is 0 Å². The number of carboxylic acid groups (broad SMARTS) is 1. The Bertz CT molecular complexity index is 377. The fraction of sp³-hybridized carbons (Fsp3) is 0.833. The first-order valence-electron chi connectivity index (χ1n) is 3.74. The predicted molar refractivity (Wildman–Crippen MR) is 45.1 cm³/mol. The third kappa shape index (κ3) is 2.54. The smallest absolute Gasteiger partial charge is 0.375 e. The van der Waals surface area contributed by atoms with Crippen molar-refractivity contribution < 1.29 is 45.0 Å². The van der Waals surface area contributed by atoms with Crippen LogP contribution in [-0.2, 0) is 4.79 Å². The Hall–Kier alpha value is -0.220. The van der Waals surface area contributed by atoms with E-state index in [0.29, 0.717) is 0 Å². The third-order valence-corrected chi connectivity index (χ3v) is 3.10. The first kappa shape index (κ1) is 18.8. The molecule has 13 heteroatoms. The molecule has 0 aromatic heterocycles. The maximum absolute atomic E-state index is 13.1. The molecule has 0 aliphatic rings. The van der Waals surface area contributed by atoms with Crippen molar-refractivity contribution in [1.82, 2.24) is 0 Å². The molecule has 114 valence electrons. The average Bonchev–Trinajstić information content (AvgIpc) is 2.14. The zero-order valence-corrected chi connectivity index (χ0v) is 10.2. The maximum atomic E-state index is 13.1. The van der Waals surface area contributed by atoms with Gasteiger partial charge in [-0.3, -0.25) is 0 Å². The second kappa shape index (κ2) is 4.66. The van der Waals surface area contributed by atoms with E-state index in [1.807, 2.05) is 0 Å². The summed E-state index contributed by atoms with van der Waals surface area (Å²) in [5, 5.41) is -8.09. The van der Waals surface area contributed by atoms with Crippen molar-refractivity contribution in [2.24, 2.45) is 0 Å². The fourth-order valence-electron chi connectivity index (χ4n) is 0.701. The lowest BCUT2D eigenvalue weighted by Gasteiger charge is -2.40. The van der Waals surface area contributed by atoms with Crippen molar-refractivity contribution in [3.63, 3.8) is 0 Å². The van der Waals surface area contributed by atoms with Crippen molar-refractivity contribution in [3.8, 4) is 0 Å². The molecule has 0 aromatic rings. The number of halogens is 11. The van der Waals surface area contributed by atoms with E-state index < -0.39 is 33.5 Å². The van der Waals surface area contributed by atoms with E-state index in [9.17, 15) is 45.0 Å². The number of hydrogen-bond acceptors (Lipinski definition) is 2. The van der Waals surface area contributed by atoms with E-state index in [1.165, 1.54) is 0 Å². The van der Waals surface area contributed by atoms with Gasteiger partial charge in [-0.2, -0.15) is 26.3 Å². The van der Waals surface area contributed by atoms with Gasteiger partial charge < -0.3 is 9.90 Å². The monoisotopic (exact) mass is 361 g/mol. The summed E-state index contributed by atoms with van der Waals surface area (Å²) >= 11 is 11.6. The highest BCUT2D eigenvalue weighted by molar-refractivity contribution is 6.34. The van der Waals surface area contributed by atoms with Gasteiger partial charge in [0.15, 0.2) is 0 Å². The minimum atomic E-state index is -6.61. The molecule has 0 saturated carbocycles. The molecule has 0 rings (SSSR count). The van der Waals surface area contributed by atoms with Crippen molar-refractivity contribution in [1.29, 1.82) is 0 Å². The Morgan fingerprint density at radius 3 is 1.32 bits per heavy atom. The summed E-state index contributed by atoms with van der Waals surface area (Å²) in [5.41, 5.74) is 0. The molecule has 0 bridgehead atoms. The van der Waals surface area contributed by atoms with E-state index in [-0.39, 0.29) is 0 Å². The molecular formula is C6Cl3F8O2-. The van der Waals surface area contributed by atoms with Crippen LogP contribution in [-0.4, -0.2) is 33.5 Å². The van der Waals surface area contributed by atoms with Gasteiger partial charge >= 0.3 is 27.5 Å². The van der Waals surface area contributed by atoms with Gasteiger partial charge in [0, 0.05) is 0 Å². The molecule has 0 aliphatic heterocycles. The van der Waals surface area contributed by atoms with Gasteiger partial charge in [0.2, 0.25) is 0 Å². The number of rotatable bonds is 5. The quantitative estimate of drug-likeness (QED) is 0.557. The van der Waals surface area contributed by atoms with Gasteiger partial charge in [-0.05, 0) is 11.6 Å². The van der Waals surface area contributed by atoms with Gasteiger partial charge in [-0.25, -0.2) is 8.78 Å². The number of carboxylic acids is 1. The minimum absolute atomic E-state index is 3.79. The molecule has 19 heavy (non-hydrogen) atoms. The lowest BCUT2D eigenvalue weighted by molar-refractivity contribution is -0.349. The molecule has 2 unspecified atom stereocenters. The number of aliphatic carboxylic acids is 1. The first-order valence-corrected chi connectivity index (χ1v) is 4.87. The third-order valence-electron chi connectivity index (χ3n) is 1.80. The lowest BCUT2D eigenvalue weighted by Crippen LogP contribution is -2.68. The van der Waals surface area contributed by atoms with E-state index in [4.69, 9.17) is 0 Å². The normalized spacial score (nSPS) is 20.6. The second-order valence-electron chi connectivity index (χ2n) is 3.08. The molecule has 2 nitrogen and oxygen atoms in total. The number of carbonyl (C=O) groups is 1. The first-order chi connectivity index (χ1) is 7.94. The average molecular weight is 362 g/mol. The SMILES string of the molecule is O=C([O-])C(F)(F)C(F)(Cl)C(F)(F)C(F)(Cl)C(F)(F)Cl. The standard InChI is InChI=1S/C6HCl3F8O2/c7-3(12,2(10,11)1(18)19)5(14,15)4(8,13)6(9,16)17/h(H,18,19)/p-1. The molecule has 0 aromatic carbocycles. The van der Waals surface area contributed by atoms with Gasteiger partial charge in [0.1, 0.15) is 5.97 Å². The molecule has 0 saturated heterocycles. The van der Waals surface area contributed by atoms with Crippen molar-refractivity contribution in [2.45, 2.75) is 27.5 Å². The second-order valence-corrected chi connectivity index (χ2v) is 4.60. The van der Waals surface area contributed by atoms with Gasteiger partial charge in [-0.15, -0.1) is 0 Å². The minimum Gasteiger partial charge on any atom is -0.544 e. The van der Waals surface area contributed by atoms with E-state index in [2.05, 4.69) is 34.8 Å². The van der Waals surface area contributed by atoms with Crippen LogP contribution in [0.25, 0.3) is 0 Å². The van der Waals surface area contributed by atoms with E-state index in [1.54, 1.807) is 0 Å². The summed E-state index contributed by atoms with van der Waals surface area (Å²) in [6, 6.07) is 0. The summed E-state index contributed by atoms with van der Waals surface area (Å²) in [6.07, 6.45) is 0. The van der Waals surface area contributed by atoms with Crippen LogP contribution in [0.3, 0.4) is 0 Å². The maximum Gasteiger partial charge on any atom is 0.375 e. The van der Waals surface area contributed by atoms with Crippen molar-refractivity contribution in [2.75, 3.05) is 0 Å². The topological polar surface area (TPSA) is 40.1 Å². The Labute approximate surface area is 114 Å². The Kier molecular flexibility index (Phi) is 4.61. The summed E-state index contributed by atoms with van der Waals surface area (Å²) in [7, 11) is 0. The van der Waals surface area contributed by atoms with Crippen LogP contribution >= 0.6 is 34.8 Å². The van der Waals surface area contributed by atoms with Crippen LogP contribution in [0.15, 0.2) is 0 Å². The lowest BCUT2D eigenvalue weighted by atomic mass is 10.0. The van der Waals surface area contributed by atoms with Crippen LogP contribution < -0.4 is 5.11 Å². The van der Waals surface area contributed by atoms with Crippen LogP contribution in [0.2, 0.25) is 0 Å². The number of hydrogen-bond donors (Lipinski definition) is 0. The van der Waals surface area contributed by atoms with Crippen LogP contribution in [0.4, 0.5) is 35.1 Å². The highest BCUT2D eigenvalue weighted by Gasteiger charge is 2.83. The zero-order valence-electron chi connectivity index (χ0n) is 7.97. The predicted octanol–water partition coefficient (Wildman–Crippen LogP) is 2.65. The molecule has 0 fully saturated rings. The van der Waals surface area contributed by atoms with Crippen molar-refractivity contribution in [3.05, 3.63) is 0 Å². The number of carbonyl (C=O) groups excluding carboxylic acids is 1. The Balaban J connectivity index is 5.99. The van der Waals surface area contributed by atoms with Gasteiger partial charge in [-0.1, -0.05) is 23.2 Å². The largest absolute Gasteiger partial charge is 0.544 e. The summed E-state index contributed by atoms with van der Waals surface area (Å²) in [6.45, 7) is 0. The molecule has 0 N–H and O–H groups in total. The van der Waals surface area contributed by atoms with Crippen LogP contribution in [0, 0.1) is 0 Å². The highest BCUT2D eigenvalue weighted by Crippen LogP contribution is 2.59. The Morgan fingerprint density at radius 2 is 1.11 bits per heavy atom. The highest BCUT2D eigenvalue weighted by atomic mass is 35.5. The van der Waals surface area contributed by atoms with E-state index >= 15 is 0 Å². The zero-order chi connectivity index (χ0) is 16.1. The summed E-state index contributed by atoms with van der Waals surface area (Å²) in [4.78, 5) is 9.79. The summed E-state index contributed by atoms with van der Waals surface area (Å²) < 4.78 is 102. The summed E-state index contributed by atoms with van der Waals surface area (Å²) in [5.74, 6) is -16.7. The van der Waals surface area contributed by atoms with E-state index in [0.717, 1.165) is 0 Å². The Morgan fingerprint density at radius 1 is 0.789 bits per heavy atom. The fourth-order valence-corrected chi connectivity index (χ4v) is 1.21. The molecule has 0 radical (unpaired) electrons. The molecular weight excluding hydrogens is 362 g/mol. The number of alkyl halides is 11.